The molecule has 5 rings (SSSR count). The van der Waals surface area contributed by atoms with E-state index in [0.717, 1.165) is 16.7 Å². The van der Waals surface area contributed by atoms with Gasteiger partial charge in [0.05, 0.1) is 40.4 Å². The van der Waals surface area contributed by atoms with E-state index in [9.17, 15) is 21.6 Å². The van der Waals surface area contributed by atoms with E-state index in [1.165, 1.54) is 47.8 Å². The molecule has 0 aliphatic carbocycles. The molecule has 2 N–H and O–H groups in total. The molecule has 5 aromatic rings. The van der Waals surface area contributed by atoms with E-state index in [4.69, 9.17) is 4.74 Å². The first-order valence-electron chi connectivity index (χ1n) is 14.3. The third kappa shape index (κ3) is 7.06. The number of rotatable bonds is 11. The molecule has 0 spiro atoms. The van der Waals surface area contributed by atoms with Gasteiger partial charge in [0.25, 0.3) is 26.0 Å². The topological polar surface area (TPSA) is 122 Å². The molecule has 9 nitrogen and oxygen atoms in total. The predicted octanol–water partition coefficient (Wildman–Crippen LogP) is 6.76. The van der Waals surface area contributed by atoms with E-state index in [1.807, 2.05) is 62.4 Å². The Kier molecular flexibility index (Phi) is 9.45. The quantitative estimate of drug-likeness (QED) is 0.162. The van der Waals surface area contributed by atoms with Crippen molar-refractivity contribution < 1.29 is 26.4 Å². The third-order valence-electron chi connectivity index (χ3n) is 7.37. The fraction of sp³-hybridized carbons (Fsp3) is 0.114. The van der Waals surface area contributed by atoms with Crippen molar-refractivity contribution in [2.45, 2.75) is 30.2 Å². The number of para-hydroxylation sites is 2. The minimum absolute atomic E-state index is 0.0215. The molecule has 5 aromatic carbocycles. The average molecular weight is 656 g/mol. The average Bonchev–Trinajstić information content (AvgIpc) is 3.06. The number of carbonyl (C=O) groups is 1. The monoisotopic (exact) mass is 655 g/mol. The Morgan fingerprint density at radius 2 is 1.28 bits per heavy atom. The van der Waals surface area contributed by atoms with Crippen molar-refractivity contribution >= 4 is 43.0 Å². The second kappa shape index (κ2) is 13.5. The van der Waals surface area contributed by atoms with E-state index in [0.29, 0.717) is 17.1 Å². The molecule has 0 atom stereocenters. The van der Waals surface area contributed by atoms with Crippen LogP contribution in [-0.4, -0.2) is 29.9 Å². The predicted molar refractivity (Wildman–Crippen MR) is 180 cm³/mol. The molecule has 0 unspecified atom stereocenters. The van der Waals surface area contributed by atoms with Gasteiger partial charge in [-0.15, -0.1) is 0 Å². The first-order valence-corrected chi connectivity index (χ1v) is 17.2. The minimum Gasteiger partial charge on any atom is -0.497 e. The van der Waals surface area contributed by atoms with Crippen LogP contribution in [0.1, 0.15) is 27.0 Å². The molecule has 0 saturated heterocycles. The Balaban J connectivity index is 1.44. The summed E-state index contributed by atoms with van der Waals surface area (Å²) in [6.45, 7) is 3.62. The summed E-state index contributed by atoms with van der Waals surface area (Å²) in [7, 11) is -6.53. The largest absolute Gasteiger partial charge is 0.497 e. The summed E-state index contributed by atoms with van der Waals surface area (Å²) in [6.07, 6.45) is 0. The summed E-state index contributed by atoms with van der Waals surface area (Å²) in [5.74, 6) is -0.0592. The van der Waals surface area contributed by atoms with Crippen LogP contribution in [0.25, 0.3) is 0 Å². The van der Waals surface area contributed by atoms with Gasteiger partial charge in [-0.05, 0) is 91.2 Å². The van der Waals surface area contributed by atoms with Crippen LogP contribution >= 0.6 is 0 Å². The molecule has 11 heteroatoms. The molecular weight excluding hydrogens is 623 g/mol. The molecule has 0 aromatic heterocycles. The van der Waals surface area contributed by atoms with Crippen LogP contribution in [0.2, 0.25) is 0 Å². The first kappa shape index (κ1) is 32.3. The van der Waals surface area contributed by atoms with Gasteiger partial charge in [0.1, 0.15) is 5.75 Å². The van der Waals surface area contributed by atoms with E-state index in [2.05, 4.69) is 10.0 Å². The highest BCUT2D eigenvalue weighted by molar-refractivity contribution is 7.93. The number of benzene rings is 5. The number of hydrogen-bond donors (Lipinski definition) is 2. The van der Waals surface area contributed by atoms with Crippen molar-refractivity contribution in [3.05, 3.63) is 144 Å². The number of ether oxygens (including phenoxy) is 1. The molecule has 0 bridgehead atoms. The number of methoxy groups -OCH3 is 1. The molecule has 0 heterocycles. The van der Waals surface area contributed by atoms with Crippen LogP contribution < -0.4 is 19.1 Å². The Hall–Kier alpha value is -5.13. The number of nitrogens with zero attached hydrogens (tertiary/aromatic N) is 1. The molecular formula is C35H33N3O6S2. The van der Waals surface area contributed by atoms with Gasteiger partial charge < -0.3 is 10.1 Å². The van der Waals surface area contributed by atoms with Crippen LogP contribution in [0.15, 0.2) is 131 Å². The zero-order chi connectivity index (χ0) is 32.9. The number of aryl methyl sites for hydroxylation is 2. The molecule has 1 amide bonds. The lowest BCUT2D eigenvalue weighted by Gasteiger charge is -2.26. The number of hydrogen-bond acceptors (Lipinski definition) is 6. The maximum absolute atomic E-state index is 14.1. The van der Waals surface area contributed by atoms with Crippen LogP contribution in [-0.2, 0) is 26.6 Å². The smallest absolute Gasteiger partial charge is 0.264 e. The fourth-order valence-electron chi connectivity index (χ4n) is 4.89. The first-order chi connectivity index (χ1) is 22.0. The molecule has 0 fully saturated rings. The molecule has 0 radical (unpaired) electrons. The lowest BCUT2D eigenvalue weighted by atomic mass is 10.1. The van der Waals surface area contributed by atoms with Gasteiger partial charge in [-0.3, -0.25) is 13.8 Å². The van der Waals surface area contributed by atoms with Crippen LogP contribution in [0.5, 0.6) is 5.75 Å². The Labute approximate surface area is 269 Å². The van der Waals surface area contributed by atoms with E-state index in [1.54, 1.807) is 36.4 Å². The van der Waals surface area contributed by atoms with Gasteiger partial charge in [-0.25, -0.2) is 16.8 Å². The second-order valence-electron chi connectivity index (χ2n) is 10.5. The van der Waals surface area contributed by atoms with Gasteiger partial charge in [-0.1, -0.05) is 60.7 Å². The third-order valence-corrected chi connectivity index (χ3v) is 10.5. The van der Waals surface area contributed by atoms with E-state index < -0.39 is 26.0 Å². The van der Waals surface area contributed by atoms with Crippen LogP contribution in [0.3, 0.4) is 0 Å². The zero-order valence-corrected chi connectivity index (χ0v) is 27.1. The van der Waals surface area contributed by atoms with Crippen LogP contribution in [0, 0.1) is 13.8 Å². The lowest BCUT2D eigenvalue weighted by Crippen LogP contribution is -2.32. The normalized spacial score (nSPS) is 11.5. The van der Waals surface area contributed by atoms with Gasteiger partial charge in [0.15, 0.2) is 0 Å². The molecule has 236 valence electrons. The summed E-state index contributed by atoms with van der Waals surface area (Å²) in [5.41, 5.74) is 3.45. The van der Waals surface area contributed by atoms with Crippen molar-refractivity contribution in [3.63, 3.8) is 0 Å². The molecule has 0 saturated carbocycles. The SMILES string of the molecule is COc1ccc(S(=O)(=O)N(Cc2ccccc2)c2ccccc2C(=O)Nc2ccc(S(=O)(=O)Nc3c(C)cccc3C)cc2)cc1. The summed E-state index contributed by atoms with van der Waals surface area (Å²) < 4.78 is 63.4. The lowest BCUT2D eigenvalue weighted by molar-refractivity contribution is 0.102. The Morgan fingerprint density at radius 3 is 1.91 bits per heavy atom. The number of carbonyl (C=O) groups excluding carboxylic acids is 1. The van der Waals surface area contributed by atoms with Gasteiger partial charge in [0.2, 0.25) is 0 Å². The van der Waals surface area contributed by atoms with E-state index in [-0.39, 0.29) is 27.6 Å². The minimum atomic E-state index is -4.14. The fourth-order valence-corrected chi connectivity index (χ4v) is 7.57. The number of nitrogens with one attached hydrogen (secondary N) is 2. The summed E-state index contributed by atoms with van der Waals surface area (Å²) >= 11 is 0. The standard InChI is InChI=1S/C35H33N3O6S2/c1-25-10-9-11-26(2)34(25)37-45(40,41)30-20-16-28(17-21-30)36-35(39)32-14-7-8-15-33(32)38(24-27-12-5-4-6-13-27)46(42,43)31-22-18-29(44-3)19-23-31/h4-23,37H,24H2,1-3H3,(H,36,39). The van der Waals surface area contributed by atoms with Gasteiger partial charge >= 0.3 is 0 Å². The highest BCUT2D eigenvalue weighted by Crippen LogP contribution is 2.31. The maximum Gasteiger partial charge on any atom is 0.264 e. The van der Waals surface area contributed by atoms with E-state index >= 15 is 0 Å². The summed E-state index contributed by atoms with van der Waals surface area (Å²) in [6, 6.07) is 32.8. The summed E-state index contributed by atoms with van der Waals surface area (Å²) in [5, 5.41) is 2.78. The van der Waals surface area contributed by atoms with Crippen molar-refractivity contribution in [1.82, 2.24) is 0 Å². The molecule has 0 aliphatic heterocycles. The number of amides is 1. The summed E-state index contributed by atoms with van der Waals surface area (Å²) in [4.78, 5) is 13.7. The van der Waals surface area contributed by atoms with Gasteiger partial charge in [-0.2, -0.15) is 0 Å². The second-order valence-corrected chi connectivity index (χ2v) is 14.1. The van der Waals surface area contributed by atoms with Crippen molar-refractivity contribution in [3.8, 4) is 5.75 Å². The highest BCUT2D eigenvalue weighted by Gasteiger charge is 2.29. The van der Waals surface area contributed by atoms with Crippen LogP contribution in [0.4, 0.5) is 17.1 Å². The number of anilines is 3. The Bertz CT molecular complexity index is 2050. The van der Waals surface area contributed by atoms with Gasteiger partial charge in [0, 0.05) is 5.69 Å². The zero-order valence-electron chi connectivity index (χ0n) is 25.5. The molecule has 0 aliphatic rings. The molecule has 46 heavy (non-hydrogen) atoms. The highest BCUT2D eigenvalue weighted by atomic mass is 32.2. The Morgan fingerprint density at radius 1 is 0.696 bits per heavy atom. The maximum atomic E-state index is 14.1. The number of sulfonamides is 2. The van der Waals surface area contributed by atoms with Crippen molar-refractivity contribution in [2.75, 3.05) is 21.5 Å². The van der Waals surface area contributed by atoms with Crippen molar-refractivity contribution in [1.29, 1.82) is 0 Å². The van der Waals surface area contributed by atoms with Crippen molar-refractivity contribution in [2.24, 2.45) is 0 Å².